The van der Waals surface area contributed by atoms with E-state index < -0.39 is 5.91 Å². The lowest BCUT2D eigenvalue weighted by Crippen LogP contribution is -2.46. The molecule has 0 aromatic carbocycles. The number of aryl methyl sites for hydroxylation is 2. The van der Waals surface area contributed by atoms with Gasteiger partial charge >= 0.3 is 0 Å². The summed E-state index contributed by atoms with van der Waals surface area (Å²) in [7, 11) is 0. The van der Waals surface area contributed by atoms with E-state index >= 15 is 0 Å². The van der Waals surface area contributed by atoms with Crippen LogP contribution >= 0.6 is 11.3 Å². The molecule has 3 heterocycles. The molecular formula is C16H21N5OS. The Bertz CT molecular complexity index is 687. The highest BCUT2D eigenvalue weighted by atomic mass is 32.1. The van der Waals surface area contributed by atoms with Gasteiger partial charge in [-0.05, 0) is 26.0 Å². The van der Waals surface area contributed by atoms with Crippen molar-refractivity contribution in [3.63, 3.8) is 0 Å². The van der Waals surface area contributed by atoms with Crippen molar-refractivity contribution in [3.8, 4) is 0 Å². The predicted octanol–water partition coefficient (Wildman–Crippen LogP) is 1.58. The Morgan fingerprint density at radius 3 is 2.65 bits per heavy atom. The fourth-order valence-corrected chi connectivity index (χ4v) is 3.73. The van der Waals surface area contributed by atoms with E-state index in [1.165, 1.54) is 9.88 Å². The van der Waals surface area contributed by atoms with Crippen LogP contribution in [0.25, 0.3) is 0 Å². The SMILES string of the molecule is Cc1nc(CN2CCN(c3ncccc3C(N)=O)CC2)sc1C. The molecule has 2 aromatic heterocycles. The monoisotopic (exact) mass is 331 g/mol. The first-order valence-corrected chi connectivity index (χ1v) is 8.51. The normalized spacial score (nSPS) is 15.8. The molecule has 0 spiro atoms. The quantitative estimate of drug-likeness (QED) is 0.920. The topological polar surface area (TPSA) is 75.3 Å². The standard InChI is InChI=1S/C16H21N5OS/c1-11-12(2)23-14(19-11)10-20-6-8-21(9-7-20)16-13(15(17)22)4-3-5-18-16/h3-5H,6-10H2,1-2H3,(H2,17,22). The molecule has 1 saturated heterocycles. The fourth-order valence-electron chi connectivity index (χ4n) is 2.76. The molecule has 1 fully saturated rings. The molecule has 1 amide bonds. The molecule has 0 aliphatic carbocycles. The number of nitrogens with two attached hydrogens (primary N) is 1. The Morgan fingerprint density at radius 2 is 2.04 bits per heavy atom. The van der Waals surface area contributed by atoms with Crippen LogP contribution in [0, 0.1) is 13.8 Å². The van der Waals surface area contributed by atoms with E-state index in [1.54, 1.807) is 29.7 Å². The van der Waals surface area contributed by atoms with E-state index in [0.29, 0.717) is 11.4 Å². The van der Waals surface area contributed by atoms with Crippen LogP contribution in [0.2, 0.25) is 0 Å². The number of thiazole rings is 1. The summed E-state index contributed by atoms with van der Waals surface area (Å²) in [5, 5.41) is 1.17. The molecule has 2 N–H and O–H groups in total. The Kier molecular flexibility index (Phi) is 4.58. The summed E-state index contributed by atoms with van der Waals surface area (Å²) in [4.78, 5) is 26.3. The Morgan fingerprint density at radius 1 is 1.30 bits per heavy atom. The number of aromatic nitrogens is 2. The van der Waals surface area contributed by atoms with Gasteiger partial charge in [-0.25, -0.2) is 9.97 Å². The van der Waals surface area contributed by atoms with Crippen molar-refractivity contribution in [3.05, 3.63) is 39.5 Å². The minimum absolute atomic E-state index is 0.427. The van der Waals surface area contributed by atoms with Crippen LogP contribution in [0.1, 0.15) is 25.9 Å². The summed E-state index contributed by atoms with van der Waals surface area (Å²) in [6, 6.07) is 3.48. The van der Waals surface area contributed by atoms with Crippen LogP contribution in [-0.4, -0.2) is 47.0 Å². The Balaban J connectivity index is 1.63. The number of rotatable bonds is 4. The van der Waals surface area contributed by atoms with Crippen molar-refractivity contribution in [2.45, 2.75) is 20.4 Å². The summed E-state index contributed by atoms with van der Waals surface area (Å²) in [5.41, 5.74) is 7.06. The molecule has 0 radical (unpaired) electrons. The zero-order valence-electron chi connectivity index (χ0n) is 13.5. The maximum atomic E-state index is 11.5. The predicted molar refractivity (Wildman–Crippen MR) is 91.8 cm³/mol. The van der Waals surface area contributed by atoms with Gasteiger partial charge in [0.15, 0.2) is 0 Å². The number of piperazine rings is 1. The maximum Gasteiger partial charge on any atom is 0.252 e. The summed E-state index contributed by atoms with van der Waals surface area (Å²) in [5.74, 6) is 0.268. The number of anilines is 1. The third-order valence-corrected chi connectivity index (χ3v) is 5.21. The van der Waals surface area contributed by atoms with Gasteiger partial charge in [-0.2, -0.15) is 0 Å². The highest BCUT2D eigenvalue weighted by Crippen LogP contribution is 2.21. The number of pyridine rings is 1. The highest BCUT2D eigenvalue weighted by Gasteiger charge is 2.22. The van der Waals surface area contributed by atoms with Gasteiger partial charge in [0.1, 0.15) is 10.8 Å². The molecule has 7 heteroatoms. The zero-order valence-corrected chi connectivity index (χ0v) is 14.3. The maximum absolute atomic E-state index is 11.5. The minimum Gasteiger partial charge on any atom is -0.365 e. The number of carbonyl (C=O) groups excluding carboxylic acids is 1. The van der Waals surface area contributed by atoms with Crippen molar-refractivity contribution in [2.75, 3.05) is 31.1 Å². The van der Waals surface area contributed by atoms with Gasteiger partial charge in [0.2, 0.25) is 0 Å². The summed E-state index contributed by atoms with van der Waals surface area (Å²) >= 11 is 1.77. The van der Waals surface area contributed by atoms with Crippen LogP contribution in [0.15, 0.2) is 18.3 Å². The van der Waals surface area contributed by atoms with E-state index in [1.807, 2.05) is 0 Å². The molecule has 0 atom stereocenters. The molecule has 2 aromatic rings. The van der Waals surface area contributed by atoms with Gasteiger partial charge in [0.05, 0.1) is 17.8 Å². The van der Waals surface area contributed by atoms with Gasteiger partial charge in [-0.3, -0.25) is 9.69 Å². The van der Waals surface area contributed by atoms with E-state index in [9.17, 15) is 4.79 Å². The van der Waals surface area contributed by atoms with Gasteiger partial charge in [-0.1, -0.05) is 0 Å². The van der Waals surface area contributed by atoms with E-state index in [-0.39, 0.29) is 0 Å². The second kappa shape index (κ2) is 6.64. The first kappa shape index (κ1) is 15.9. The van der Waals surface area contributed by atoms with Crippen LogP contribution in [0.5, 0.6) is 0 Å². The number of carbonyl (C=O) groups is 1. The lowest BCUT2D eigenvalue weighted by Gasteiger charge is -2.35. The molecule has 0 unspecified atom stereocenters. The molecule has 1 aliphatic rings. The number of amides is 1. The van der Waals surface area contributed by atoms with Gasteiger partial charge in [0, 0.05) is 37.3 Å². The molecule has 3 rings (SSSR count). The molecule has 0 saturated carbocycles. The molecule has 0 bridgehead atoms. The van der Waals surface area contributed by atoms with Crippen LogP contribution < -0.4 is 10.6 Å². The first-order chi connectivity index (χ1) is 11.0. The van der Waals surface area contributed by atoms with Crippen molar-refractivity contribution < 1.29 is 4.79 Å². The lowest BCUT2D eigenvalue weighted by atomic mass is 10.2. The van der Waals surface area contributed by atoms with E-state index in [0.717, 1.165) is 38.4 Å². The second-order valence-corrected chi connectivity index (χ2v) is 7.04. The molecule has 23 heavy (non-hydrogen) atoms. The van der Waals surface area contributed by atoms with Crippen molar-refractivity contribution in [1.29, 1.82) is 0 Å². The van der Waals surface area contributed by atoms with Crippen molar-refractivity contribution in [1.82, 2.24) is 14.9 Å². The van der Waals surface area contributed by atoms with Crippen LogP contribution in [-0.2, 0) is 6.54 Å². The van der Waals surface area contributed by atoms with Gasteiger partial charge < -0.3 is 10.6 Å². The number of primary amides is 1. The van der Waals surface area contributed by atoms with Gasteiger partial charge in [0.25, 0.3) is 5.91 Å². The largest absolute Gasteiger partial charge is 0.365 e. The zero-order chi connectivity index (χ0) is 16.4. The van der Waals surface area contributed by atoms with Crippen molar-refractivity contribution in [2.24, 2.45) is 5.73 Å². The molecule has 122 valence electrons. The molecule has 6 nitrogen and oxygen atoms in total. The van der Waals surface area contributed by atoms with E-state index in [2.05, 4.69) is 33.6 Å². The average molecular weight is 331 g/mol. The van der Waals surface area contributed by atoms with Crippen molar-refractivity contribution >= 4 is 23.1 Å². The number of nitrogens with zero attached hydrogens (tertiary/aromatic N) is 4. The summed E-state index contributed by atoms with van der Waals surface area (Å²) in [6.07, 6.45) is 1.70. The third-order valence-electron chi connectivity index (χ3n) is 4.16. The number of hydrogen-bond donors (Lipinski definition) is 1. The second-order valence-electron chi connectivity index (χ2n) is 5.75. The lowest BCUT2D eigenvalue weighted by molar-refractivity contribution is 0.1000. The Labute approximate surface area is 140 Å². The first-order valence-electron chi connectivity index (χ1n) is 7.69. The number of hydrogen-bond acceptors (Lipinski definition) is 6. The summed E-state index contributed by atoms with van der Waals surface area (Å²) < 4.78 is 0. The highest BCUT2D eigenvalue weighted by molar-refractivity contribution is 7.11. The molecule has 1 aliphatic heterocycles. The van der Waals surface area contributed by atoms with Gasteiger partial charge in [-0.15, -0.1) is 11.3 Å². The third kappa shape index (κ3) is 3.51. The van der Waals surface area contributed by atoms with Crippen LogP contribution in [0.3, 0.4) is 0 Å². The van der Waals surface area contributed by atoms with E-state index in [4.69, 9.17) is 5.73 Å². The fraction of sp³-hybridized carbons (Fsp3) is 0.438. The average Bonchev–Trinajstić information content (AvgIpc) is 2.86. The Hall–Kier alpha value is -1.99. The minimum atomic E-state index is -0.427. The van der Waals surface area contributed by atoms with Crippen LogP contribution in [0.4, 0.5) is 5.82 Å². The summed E-state index contributed by atoms with van der Waals surface area (Å²) in [6.45, 7) is 8.57. The molecular weight excluding hydrogens is 310 g/mol. The smallest absolute Gasteiger partial charge is 0.252 e.